The first-order valence-electron chi connectivity index (χ1n) is 6.00. The lowest BCUT2D eigenvalue weighted by Gasteiger charge is -2.26. The summed E-state index contributed by atoms with van der Waals surface area (Å²) in [6.45, 7) is 1.23. The number of ether oxygens (including phenoxy) is 1. The van der Waals surface area contributed by atoms with Crippen molar-refractivity contribution < 1.29 is 17.9 Å². The van der Waals surface area contributed by atoms with E-state index in [-0.39, 0.29) is 16.9 Å². The number of rotatable bonds is 3. The molecule has 0 saturated carbocycles. The molecule has 1 aromatic rings. The quantitative estimate of drug-likeness (QED) is 0.777. The zero-order valence-corrected chi connectivity index (χ0v) is 12.1. The maximum atomic E-state index is 13.0. The normalized spacial score (nSPS) is 19.7. The van der Waals surface area contributed by atoms with Crippen molar-refractivity contribution in [2.75, 3.05) is 25.2 Å². The molecule has 0 aromatic heterocycles. The van der Waals surface area contributed by atoms with Crippen molar-refractivity contribution in [2.45, 2.75) is 24.0 Å². The lowest BCUT2D eigenvalue weighted by molar-refractivity contribution is -0.138. The van der Waals surface area contributed by atoms with Gasteiger partial charge in [0, 0.05) is 24.7 Å². The third-order valence-corrected chi connectivity index (χ3v) is 4.01. The van der Waals surface area contributed by atoms with Crippen LogP contribution in [0, 0.1) is 0 Å². The number of likely N-dealkylation sites (N-methyl/N-ethyl adjacent to an activating group) is 1. The van der Waals surface area contributed by atoms with Crippen LogP contribution in [0.5, 0.6) is 0 Å². The summed E-state index contributed by atoms with van der Waals surface area (Å²) in [6.07, 6.45) is -3.48. The maximum absolute atomic E-state index is 13.0. The SMILES string of the molecule is CN(c1ccc(CBr)c(C(F)(F)F)c1)C1CCOC1. The van der Waals surface area contributed by atoms with Gasteiger partial charge in [-0.2, -0.15) is 13.2 Å². The van der Waals surface area contributed by atoms with E-state index in [2.05, 4.69) is 15.9 Å². The van der Waals surface area contributed by atoms with Gasteiger partial charge in [0.2, 0.25) is 0 Å². The second-order valence-electron chi connectivity index (χ2n) is 4.60. The van der Waals surface area contributed by atoms with E-state index in [9.17, 15) is 13.2 Å². The summed E-state index contributed by atoms with van der Waals surface area (Å²) < 4.78 is 44.2. The van der Waals surface area contributed by atoms with Crippen LogP contribution in [-0.4, -0.2) is 26.3 Å². The third-order valence-electron chi connectivity index (χ3n) is 3.40. The van der Waals surface area contributed by atoms with E-state index in [1.165, 1.54) is 12.1 Å². The van der Waals surface area contributed by atoms with Crippen LogP contribution in [0.1, 0.15) is 17.5 Å². The van der Waals surface area contributed by atoms with Crippen LogP contribution in [0.2, 0.25) is 0 Å². The van der Waals surface area contributed by atoms with Gasteiger partial charge in [-0.25, -0.2) is 0 Å². The Morgan fingerprint density at radius 1 is 1.42 bits per heavy atom. The van der Waals surface area contributed by atoms with Crippen LogP contribution in [0.15, 0.2) is 18.2 Å². The number of alkyl halides is 4. The van der Waals surface area contributed by atoms with Gasteiger partial charge in [-0.1, -0.05) is 22.0 Å². The summed E-state index contributed by atoms with van der Waals surface area (Å²) in [7, 11) is 1.81. The first kappa shape index (κ1) is 14.7. The zero-order valence-electron chi connectivity index (χ0n) is 10.5. The Morgan fingerprint density at radius 2 is 2.16 bits per heavy atom. The summed E-state index contributed by atoms with van der Waals surface area (Å²) in [5, 5.41) is 0.193. The van der Waals surface area contributed by atoms with Gasteiger partial charge in [0.05, 0.1) is 18.2 Å². The predicted molar refractivity (Wildman–Crippen MR) is 71.7 cm³/mol. The van der Waals surface area contributed by atoms with Gasteiger partial charge >= 0.3 is 6.18 Å². The van der Waals surface area contributed by atoms with Crippen molar-refractivity contribution in [3.05, 3.63) is 29.3 Å². The van der Waals surface area contributed by atoms with E-state index in [1.54, 1.807) is 6.07 Å². The summed E-state index contributed by atoms with van der Waals surface area (Å²) in [4.78, 5) is 1.86. The van der Waals surface area contributed by atoms with Crippen LogP contribution in [0.4, 0.5) is 18.9 Å². The Labute approximate surface area is 118 Å². The summed E-state index contributed by atoms with van der Waals surface area (Å²) in [5.41, 5.74) is 0.257. The summed E-state index contributed by atoms with van der Waals surface area (Å²) in [6, 6.07) is 4.62. The van der Waals surface area contributed by atoms with Crippen molar-refractivity contribution >= 4 is 21.6 Å². The molecule has 1 atom stereocenters. The fraction of sp³-hybridized carbons (Fsp3) is 0.538. The van der Waals surface area contributed by atoms with Crippen LogP contribution >= 0.6 is 15.9 Å². The molecule has 2 nitrogen and oxygen atoms in total. The highest BCUT2D eigenvalue weighted by molar-refractivity contribution is 9.08. The van der Waals surface area contributed by atoms with Gasteiger partial charge in [-0.3, -0.25) is 0 Å². The van der Waals surface area contributed by atoms with Crippen molar-refractivity contribution in [2.24, 2.45) is 0 Å². The topological polar surface area (TPSA) is 12.5 Å². The van der Waals surface area contributed by atoms with Gasteiger partial charge in [0.1, 0.15) is 0 Å². The Morgan fingerprint density at radius 3 is 2.68 bits per heavy atom. The molecule has 0 spiro atoms. The molecule has 1 heterocycles. The van der Waals surface area contributed by atoms with E-state index < -0.39 is 11.7 Å². The van der Waals surface area contributed by atoms with Crippen LogP contribution < -0.4 is 4.90 Å². The van der Waals surface area contributed by atoms with Crippen LogP contribution in [-0.2, 0) is 16.2 Å². The van der Waals surface area contributed by atoms with Gasteiger partial charge in [0.25, 0.3) is 0 Å². The lowest BCUT2D eigenvalue weighted by Crippen LogP contribution is -2.32. The Bertz CT molecular complexity index is 444. The fourth-order valence-corrected chi connectivity index (χ4v) is 2.69. The smallest absolute Gasteiger partial charge is 0.379 e. The molecule has 0 amide bonds. The number of hydrogen-bond acceptors (Lipinski definition) is 2. The molecular formula is C13H15BrF3NO. The molecule has 19 heavy (non-hydrogen) atoms. The number of nitrogens with zero attached hydrogens (tertiary/aromatic N) is 1. The number of benzene rings is 1. The van der Waals surface area contributed by atoms with Crippen molar-refractivity contribution in [3.63, 3.8) is 0 Å². The molecule has 0 bridgehead atoms. The first-order valence-corrected chi connectivity index (χ1v) is 7.12. The monoisotopic (exact) mass is 337 g/mol. The number of hydrogen-bond donors (Lipinski definition) is 0. The van der Waals surface area contributed by atoms with Gasteiger partial charge < -0.3 is 9.64 Å². The Balaban J connectivity index is 2.31. The molecule has 1 aliphatic heterocycles. The zero-order chi connectivity index (χ0) is 14.0. The van der Waals surface area contributed by atoms with Crippen LogP contribution in [0.3, 0.4) is 0 Å². The van der Waals surface area contributed by atoms with Crippen molar-refractivity contribution in [1.29, 1.82) is 0 Å². The molecule has 2 rings (SSSR count). The molecule has 0 radical (unpaired) electrons. The van der Waals surface area contributed by atoms with E-state index in [0.29, 0.717) is 18.9 Å². The molecule has 1 aliphatic rings. The van der Waals surface area contributed by atoms with E-state index in [4.69, 9.17) is 4.74 Å². The number of halogens is 4. The minimum absolute atomic E-state index is 0.149. The van der Waals surface area contributed by atoms with E-state index in [0.717, 1.165) is 6.42 Å². The van der Waals surface area contributed by atoms with Gasteiger partial charge in [0.15, 0.2) is 0 Å². The molecule has 1 unspecified atom stereocenters. The highest BCUT2D eigenvalue weighted by Gasteiger charge is 2.34. The molecule has 1 saturated heterocycles. The summed E-state index contributed by atoms with van der Waals surface area (Å²) in [5.74, 6) is 0. The lowest BCUT2D eigenvalue weighted by atomic mass is 10.1. The molecule has 1 fully saturated rings. The molecule has 106 valence electrons. The molecule has 0 N–H and O–H groups in total. The predicted octanol–water partition coefficient (Wildman–Crippen LogP) is 3.83. The van der Waals surface area contributed by atoms with Crippen molar-refractivity contribution in [1.82, 2.24) is 0 Å². The Hall–Kier alpha value is -0.750. The second kappa shape index (κ2) is 5.71. The fourth-order valence-electron chi connectivity index (χ4n) is 2.20. The molecular weight excluding hydrogens is 323 g/mol. The van der Waals surface area contributed by atoms with E-state index in [1.807, 2.05) is 11.9 Å². The number of anilines is 1. The van der Waals surface area contributed by atoms with Gasteiger partial charge in [-0.15, -0.1) is 0 Å². The largest absolute Gasteiger partial charge is 0.416 e. The standard InChI is InChI=1S/C13H15BrF3NO/c1-18(11-4-5-19-8-11)10-3-2-9(7-14)12(6-10)13(15,16)17/h2-3,6,11H,4-5,7-8H2,1H3. The molecule has 6 heteroatoms. The molecule has 1 aromatic carbocycles. The average Bonchev–Trinajstić information content (AvgIpc) is 2.90. The second-order valence-corrected chi connectivity index (χ2v) is 5.16. The third kappa shape index (κ3) is 3.23. The summed E-state index contributed by atoms with van der Waals surface area (Å²) >= 11 is 3.10. The average molecular weight is 338 g/mol. The van der Waals surface area contributed by atoms with E-state index >= 15 is 0 Å². The van der Waals surface area contributed by atoms with Crippen molar-refractivity contribution in [3.8, 4) is 0 Å². The van der Waals surface area contributed by atoms with Gasteiger partial charge in [-0.05, 0) is 24.1 Å². The minimum Gasteiger partial charge on any atom is -0.379 e. The maximum Gasteiger partial charge on any atom is 0.416 e. The first-order chi connectivity index (χ1) is 8.93. The molecule has 0 aliphatic carbocycles. The minimum atomic E-state index is -4.33. The Kier molecular flexibility index (Phi) is 4.40. The van der Waals surface area contributed by atoms with Crippen LogP contribution in [0.25, 0.3) is 0 Å². The highest BCUT2D eigenvalue weighted by Crippen LogP contribution is 2.36. The highest BCUT2D eigenvalue weighted by atomic mass is 79.9.